The number of rotatable bonds is 4. The highest BCUT2D eigenvalue weighted by Crippen LogP contribution is 2.30. The summed E-state index contributed by atoms with van der Waals surface area (Å²) in [5.41, 5.74) is -0.362. The number of furan rings is 1. The van der Waals surface area contributed by atoms with E-state index in [0.717, 1.165) is 12.3 Å². The Morgan fingerprint density at radius 2 is 1.57 bits per heavy atom. The van der Waals surface area contributed by atoms with E-state index in [4.69, 9.17) is 9.52 Å². The molecule has 0 aliphatic heterocycles. The predicted molar refractivity (Wildman–Crippen MR) is 56.2 cm³/mol. The largest absolute Gasteiger partial charge is 0.479 e. The minimum Gasteiger partial charge on any atom is -0.479 e. The number of carbonyl (C=O) groups is 1. The number of benzene rings is 1. The van der Waals surface area contributed by atoms with E-state index >= 15 is 0 Å². The molecule has 0 amide bonds. The molecule has 0 spiro atoms. The van der Waals surface area contributed by atoms with E-state index in [1.54, 1.807) is 0 Å². The molecular formula is C12H5F5O4. The molecule has 1 N–H and O–H groups in total. The van der Waals surface area contributed by atoms with Crippen molar-refractivity contribution in [3.63, 3.8) is 0 Å². The lowest BCUT2D eigenvalue weighted by Crippen LogP contribution is -2.08. The van der Waals surface area contributed by atoms with E-state index in [9.17, 15) is 26.7 Å². The first-order chi connectivity index (χ1) is 9.84. The smallest absolute Gasteiger partial charge is 0.339 e. The number of hydrogen-bond donors (Lipinski definition) is 1. The van der Waals surface area contributed by atoms with Gasteiger partial charge in [-0.3, -0.25) is 0 Å². The summed E-state index contributed by atoms with van der Waals surface area (Å²) in [7, 11) is 0. The standard InChI is InChI=1S/C12H5F5O4/c13-6-7(14)9(16)11(10(17)8(6)15)21-3-5-4(12(18)19)1-2-20-5/h1-2H,3H2,(H,18,19). The summed E-state index contributed by atoms with van der Waals surface area (Å²) in [4.78, 5) is 10.7. The Labute approximate surface area is 113 Å². The highest BCUT2D eigenvalue weighted by molar-refractivity contribution is 5.88. The van der Waals surface area contributed by atoms with Crippen LogP contribution in [0.5, 0.6) is 5.75 Å². The molecule has 1 heterocycles. The molecule has 1 aromatic carbocycles. The molecule has 0 aliphatic rings. The number of carboxylic acids is 1. The van der Waals surface area contributed by atoms with Crippen molar-refractivity contribution in [2.75, 3.05) is 0 Å². The predicted octanol–water partition coefficient (Wildman–Crippen LogP) is 3.25. The average Bonchev–Trinajstić information content (AvgIpc) is 2.91. The maximum atomic E-state index is 13.3. The first-order valence-electron chi connectivity index (χ1n) is 5.28. The molecule has 0 saturated carbocycles. The second-order valence-electron chi connectivity index (χ2n) is 3.75. The third kappa shape index (κ3) is 2.54. The van der Waals surface area contributed by atoms with Crippen molar-refractivity contribution in [2.24, 2.45) is 0 Å². The summed E-state index contributed by atoms with van der Waals surface area (Å²) >= 11 is 0. The lowest BCUT2D eigenvalue weighted by Gasteiger charge is -2.09. The van der Waals surface area contributed by atoms with Crippen molar-refractivity contribution in [1.29, 1.82) is 0 Å². The average molecular weight is 308 g/mol. The number of carboxylic acid groups (broad SMARTS) is 1. The molecule has 21 heavy (non-hydrogen) atoms. The van der Waals surface area contributed by atoms with Gasteiger partial charge in [0.1, 0.15) is 12.2 Å². The fourth-order valence-electron chi connectivity index (χ4n) is 1.49. The summed E-state index contributed by atoms with van der Waals surface area (Å²) < 4.78 is 74.4. The molecule has 0 unspecified atom stereocenters. The van der Waals surface area contributed by atoms with Crippen LogP contribution in [0, 0.1) is 29.1 Å². The van der Waals surface area contributed by atoms with Gasteiger partial charge in [0.25, 0.3) is 0 Å². The van der Waals surface area contributed by atoms with Gasteiger partial charge in [-0.15, -0.1) is 0 Å². The second kappa shape index (κ2) is 5.43. The lowest BCUT2D eigenvalue weighted by atomic mass is 10.2. The molecule has 0 radical (unpaired) electrons. The van der Waals surface area contributed by atoms with Crippen LogP contribution in [-0.4, -0.2) is 11.1 Å². The van der Waals surface area contributed by atoms with Crippen molar-refractivity contribution in [2.45, 2.75) is 6.61 Å². The van der Waals surface area contributed by atoms with Gasteiger partial charge >= 0.3 is 5.97 Å². The van der Waals surface area contributed by atoms with E-state index in [1.807, 2.05) is 0 Å². The molecule has 0 fully saturated rings. The summed E-state index contributed by atoms with van der Waals surface area (Å²) in [5, 5.41) is 8.75. The van der Waals surface area contributed by atoms with Crippen LogP contribution in [0.1, 0.15) is 16.1 Å². The van der Waals surface area contributed by atoms with Crippen LogP contribution in [0.25, 0.3) is 0 Å². The molecule has 2 rings (SSSR count). The van der Waals surface area contributed by atoms with Crippen molar-refractivity contribution in [3.8, 4) is 5.75 Å². The van der Waals surface area contributed by atoms with Gasteiger partial charge in [-0.25, -0.2) is 18.0 Å². The summed E-state index contributed by atoms with van der Waals surface area (Å²) in [6.45, 7) is -0.826. The molecule has 0 atom stereocenters. The Bertz CT molecular complexity index is 681. The highest BCUT2D eigenvalue weighted by atomic mass is 19.2. The molecule has 0 saturated heterocycles. The molecule has 1 aromatic heterocycles. The molecule has 9 heteroatoms. The number of ether oxygens (including phenoxy) is 1. The topological polar surface area (TPSA) is 59.7 Å². The third-order valence-electron chi connectivity index (χ3n) is 2.49. The van der Waals surface area contributed by atoms with Gasteiger partial charge in [-0.05, 0) is 6.07 Å². The molecule has 112 valence electrons. The minimum absolute atomic E-state index is 0.341. The van der Waals surface area contributed by atoms with Crippen LogP contribution in [0.4, 0.5) is 22.0 Å². The Morgan fingerprint density at radius 1 is 1.05 bits per heavy atom. The zero-order chi connectivity index (χ0) is 15.7. The van der Waals surface area contributed by atoms with Crippen molar-refractivity contribution >= 4 is 5.97 Å². The Morgan fingerprint density at radius 3 is 2.10 bits per heavy atom. The van der Waals surface area contributed by atoms with E-state index in [2.05, 4.69) is 4.74 Å². The Kier molecular flexibility index (Phi) is 3.83. The van der Waals surface area contributed by atoms with E-state index in [-0.39, 0.29) is 11.3 Å². The van der Waals surface area contributed by atoms with Gasteiger partial charge in [0.2, 0.25) is 29.1 Å². The van der Waals surface area contributed by atoms with Crippen LogP contribution in [0.3, 0.4) is 0 Å². The van der Waals surface area contributed by atoms with Crippen LogP contribution in [0.15, 0.2) is 16.7 Å². The molecular weight excluding hydrogens is 303 g/mol. The van der Waals surface area contributed by atoms with Crippen molar-refractivity contribution in [3.05, 3.63) is 52.7 Å². The number of hydrogen-bond acceptors (Lipinski definition) is 3. The first-order valence-corrected chi connectivity index (χ1v) is 5.28. The SMILES string of the molecule is O=C(O)c1ccoc1COc1c(F)c(F)c(F)c(F)c1F. The van der Waals surface area contributed by atoms with Crippen LogP contribution in [-0.2, 0) is 6.61 Å². The zero-order valence-electron chi connectivity index (χ0n) is 9.92. The van der Waals surface area contributed by atoms with Crippen molar-refractivity contribution in [1.82, 2.24) is 0 Å². The normalized spacial score (nSPS) is 10.7. The van der Waals surface area contributed by atoms with Gasteiger partial charge < -0.3 is 14.3 Å². The number of halogens is 5. The first kappa shape index (κ1) is 14.8. The highest BCUT2D eigenvalue weighted by Gasteiger charge is 2.27. The summed E-state index contributed by atoms with van der Waals surface area (Å²) in [5.74, 6) is -14.2. The van der Waals surface area contributed by atoms with Crippen LogP contribution < -0.4 is 4.74 Å². The molecule has 4 nitrogen and oxygen atoms in total. The molecule has 0 aliphatic carbocycles. The Hall–Kier alpha value is -2.58. The fraction of sp³-hybridized carbons (Fsp3) is 0.0833. The zero-order valence-corrected chi connectivity index (χ0v) is 9.92. The van der Waals surface area contributed by atoms with Crippen LogP contribution in [0.2, 0.25) is 0 Å². The number of aromatic carboxylic acids is 1. The van der Waals surface area contributed by atoms with E-state index in [1.165, 1.54) is 0 Å². The van der Waals surface area contributed by atoms with Crippen molar-refractivity contribution < 1.29 is 41.0 Å². The summed E-state index contributed by atoms with van der Waals surface area (Å²) in [6, 6.07) is 1.04. The van der Waals surface area contributed by atoms with E-state index in [0.29, 0.717) is 0 Å². The fourth-order valence-corrected chi connectivity index (χ4v) is 1.49. The Balaban J connectivity index is 2.33. The van der Waals surface area contributed by atoms with Crippen LogP contribution >= 0.6 is 0 Å². The quantitative estimate of drug-likeness (QED) is 0.535. The molecule has 2 aromatic rings. The maximum absolute atomic E-state index is 13.3. The third-order valence-corrected chi connectivity index (χ3v) is 2.49. The van der Waals surface area contributed by atoms with Gasteiger partial charge in [0.05, 0.1) is 6.26 Å². The molecule has 0 bridgehead atoms. The van der Waals surface area contributed by atoms with Gasteiger partial charge in [0, 0.05) is 0 Å². The maximum Gasteiger partial charge on any atom is 0.339 e. The summed E-state index contributed by atoms with van der Waals surface area (Å²) in [6.07, 6.45) is 0.973. The second-order valence-corrected chi connectivity index (χ2v) is 3.75. The van der Waals surface area contributed by atoms with E-state index < -0.39 is 47.4 Å². The van der Waals surface area contributed by atoms with Gasteiger partial charge in [-0.1, -0.05) is 0 Å². The lowest BCUT2D eigenvalue weighted by molar-refractivity contribution is 0.0691. The monoisotopic (exact) mass is 308 g/mol. The minimum atomic E-state index is -2.32. The van der Waals surface area contributed by atoms with Gasteiger partial charge in [-0.2, -0.15) is 8.78 Å². The van der Waals surface area contributed by atoms with Gasteiger partial charge in [0.15, 0.2) is 11.5 Å².